The molecule has 4 fully saturated rings. The van der Waals surface area contributed by atoms with Crippen molar-refractivity contribution in [2.45, 2.75) is 51.1 Å². The van der Waals surface area contributed by atoms with Crippen LogP contribution in [0, 0.1) is 17.8 Å². The fourth-order valence-corrected chi connectivity index (χ4v) is 3.93. The van der Waals surface area contributed by atoms with Gasteiger partial charge in [0.25, 0.3) is 0 Å². The summed E-state index contributed by atoms with van der Waals surface area (Å²) in [7, 11) is 0. The van der Waals surface area contributed by atoms with Gasteiger partial charge in [0.05, 0.1) is 5.92 Å². The van der Waals surface area contributed by atoms with Crippen molar-refractivity contribution in [1.82, 2.24) is 0 Å². The highest BCUT2D eigenvalue weighted by Gasteiger charge is 2.51. The van der Waals surface area contributed by atoms with Gasteiger partial charge in [-0.05, 0) is 44.4 Å². The maximum absolute atomic E-state index is 11.9. The standard InChI is InChI=1S/C14H20O6/c1-7(18-12(16)6-15)19-13-9-2-8-3-10(5-9)14(17)20-11(13)4-8/h7-11,13,15H,2-6H2,1H3. The molecular weight excluding hydrogens is 264 g/mol. The van der Waals surface area contributed by atoms with Crippen molar-refractivity contribution in [2.75, 3.05) is 6.61 Å². The zero-order chi connectivity index (χ0) is 14.3. The minimum Gasteiger partial charge on any atom is -0.459 e. The summed E-state index contributed by atoms with van der Waals surface area (Å²) >= 11 is 0. The van der Waals surface area contributed by atoms with Crippen LogP contribution in [0.3, 0.4) is 0 Å². The molecule has 6 nitrogen and oxygen atoms in total. The van der Waals surface area contributed by atoms with Gasteiger partial charge in [-0.2, -0.15) is 0 Å². The van der Waals surface area contributed by atoms with Gasteiger partial charge in [0.1, 0.15) is 18.8 Å². The van der Waals surface area contributed by atoms with Crippen LogP contribution >= 0.6 is 0 Å². The first-order chi connectivity index (χ1) is 9.56. The van der Waals surface area contributed by atoms with Crippen molar-refractivity contribution in [2.24, 2.45) is 17.8 Å². The fourth-order valence-electron chi connectivity index (χ4n) is 3.93. The Morgan fingerprint density at radius 3 is 2.95 bits per heavy atom. The van der Waals surface area contributed by atoms with E-state index >= 15 is 0 Å². The van der Waals surface area contributed by atoms with E-state index in [1.165, 1.54) is 0 Å². The second kappa shape index (κ2) is 5.33. The molecule has 4 bridgehead atoms. The molecule has 2 aliphatic heterocycles. The predicted molar refractivity (Wildman–Crippen MR) is 66.3 cm³/mol. The molecule has 0 radical (unpaired) electrons. The van der Waals surface area contributed by atoms with Gasteiger partial charge >= 0.3 is 11.9 Å². The highest BCUT2D eigenvalue weighted by Crippen LogP contribution is 2.48. The minimum absolute atomic E-state index is 0.00708. The van der Waals surface area contributed by atoms with Crippen LogP contribution in [-0.2, 0) is 23.8 Å². The Morgan fingerprint density at radius 2 is 2.20 bits per heavy atom. The third-order valence-corrected chi connectivity index (χ3v) is 4.61. The summed E-state index contributed by atoms with van der Waals surface area (Å²) in [5.41, 5.74) is 0. The minimum atomic E-state index is -0.740. The molecule has 4 aliphatic rings. The lowest BCUT2D eigenvalue weighted by Crippen LogP contribution is -2.46. The van der Waals surface area contributed by atoms with E-state index in [1.54, 1.807) is 6.92 Å². The summed E-state index contributed by atoms with van der Waals surface area (Å²) in [6.07, 6.45) is 2.45. The Bertz CT molecular complexity index is 408. The molecule has 0 spiro atoms. The smallest absolute Gasteiger partial charge is 0.334 e. The number of fused-ring (bicyclic) bond motifs is 1. The summed E-state index contributed by atoms with van der Waals surface area (Å²) in [6, 6.07) is 0. The van der Waals surface area contributed by atoms with E-state index in [0.717, 1.165) is 25.7 Å². The molecule has 6 heteroatoms. The summed E-state index contributed by atoms with van der Waals surface area (Å²) in [6.45, 7) is 0.959. The average Bonchev–Trinajstić information content (AvgIpc) is 2.57. The van der Waals surface area contributed by atoms with E-state index < -0.39 is 18.9 Å². The number of hydrogen-bond acceptors (Lipinski definition) is 6. The van der Waals surface area contributed by atoms with E-state index in [1.807, 2.05) is 0 Å². The molecule has 2 heterocycles. The van der Waals surface area contributed by atoms with Gasteiger partial charge in [0.2, 0.25) is 6.29 Å². The monoisotopic (exact) mass is 284 g/mol. The molecule has 0 aromatic heterocycles. The molecule has 2 aliphatic carbocycles. The van der Waals surface area contributed by atoms with Crippen molar-refractivity contribution >= 4 is 11.9 Å². The number of carbonyl (C=O) groups is 2. The Morgan fingerprint density at radius 1 is 1.40 bits per heavy atom. The van der Waals surface area contributed by atoms with Gasteiger partial charge in [0.15, 0.2) is 0 Å². The molecule has 112 valence electrons. The molecule has 0 aromatic carbocycles. The van der Waals surface area contributed by atoms with Crippen molar-refractivity contribution in [3.05, 3.63) is 0 Å². The maximum Gasteiger partial charge on any atom is 0.334 e. The molecule has 4 rings (SSSR count). The molecule has 6 unspecified atom stereocenters. The van der Waals surface area contributed by atoms with Gasteiger partial charge in [-0.15, -0.1) is 0 Å². The Kier molecular flexibility index (Phi) is 3.69. The summed E-state index contributed by atoms with van der Waals surface area (Å²) < 4.78 is 16.2. The number of rotatable bonds is 4. The number of ether oxygens (including phenoxy) is 3. The lowest BCUT2D eigenvalue weighted by molar-refractivity contribution is -0.215. The lowest BCUT2D eigenvalue weighted by atomic mass is 9.67. The molecule has 6 atom stereocenters. The second-order valence-electron chi connectivity index (χ2n) is 6.06. The van der Waals surface area contributed by atoms with Gasteiger partial charge in [-0.3, -0.25) is 4.79 Å². The molecule has 20 heavy (non-hydrogen) atoms. The van der Waals surface area contributed by atoms with Crippen LogP contribution in [0.15, 0.2) is 0 Å². The van der Waals surface area contributed by atoms with Crippen molar-refractivity contribution in [3.8, 4) is 0 Å². The van der Waals surface area contributed by atoms with Crippen LogP contribution in [0.5, 0.6) is 0 Å². The van der Waals surface area contributed by atoms with Gasteiger partial charge in [-0.25, -0.2) is 4.79 Å². The first-order valence-corrected chi connectivity index (χ1v) is 7.23. The van der Waals surface area contributed by atoms with Crippen LogP contribution in [0.25, 0.3) is 0 Å². The molecule has 0 amide bonds. The number of esters is 2. The van der Waals surface area contributed by atoms with Crippen LogP contribution in [-0.4, -0.2) is 42.1 Å². The topological polar surface area (TPSA) is 82.1 Å². The van der Waals surface area contributed by atoms with Crippen molar-refractivity contribution < 1.29 is 28.9 Å². The predicted octanol–water partition coefficient (Wildman–Crippen LogP) is 0.615. The highest BCUT2D eigenvalue weighted by atomic mass is 16.7. The highest BCUT2D eigenvalue weighted by molar-refractivity contribution is 5.73. The average molecular weight is 284 g/mol. The number of aliphatic hydroxyl groups excluding tert-OH is 1. The lowest BCUT2D eigenvalue weighted by Gasteiger charge is -2.42. The normalized spacial score (nSPS) is 40.1. The maximum atomic E-state index is 11.9. The van der Waals surface area contributed by atoms with E-state index in [9.17, 15) is 9.59 Å². The zero-order valence-electron chi connectivity index (χ0n) is 11.5. The first-order valence-electron chi connectivity index (χ1n) is 7.23. The first kappa shape index (κ1) is 13.8. The van der Waals surface area contributed by atoms with Gasteiger partial charge < -0.3 is 19.3 Å². The SMILES string of the molecule is CC(OC(=O)CO)OC1C2CC3CC(C2)C(=O)OC1C3. The quantitative estimate of drug-likeness (QED) is 0.602. The molecule has 2 saturated heterocycles. The van der Waals surface area contributed by atoms with Gasteiger partial charge in [0, 0.05) is 0 Å². The molecule has 2 saturated carbocycles. The Labute approximate surface area is 117 Å². The summed E-state index contributed by atoms with van der Waals surface area (Å²) in [4.78, 5) is 23.0. The molecule has 0 aromatic rings. The third kappa shape index (κ3) is 2.54. The van der Waals surface area contributed by atoms with E-state index in [0.29, 0.717) is 11.8 Å². The van der Waals surface area contributed by atoms with Crippen LogP contribution < -0.4 is 0 Å². The number of carbonyl (C=O) groups excluding carboxylic acids is 2. The van der Waals surface area contributed by atoms with E-state index in [4.69, 9.17) is 19.3 Å². The Hall–Kier alpha value is -1.14. The van der Waals surface area contributed by atoms with Crippen LogP contribution in [0.4, 0.5) is 0 Å². The number of hydrogen-bond donors (Lipinski definition) is 1. The largest absolute Gasteiger partial charge is 0.459 e. The second-order valence-corrected chi connectivity index (χ2v) is 6.06. The van der Waals surface area contributed by atoms with Crippen LogP contribution in [0.2, 0.25) is 0 Å². The van der Waals surface area contributed by atoms with Crippen LogP contribution in [0.1, 0.15) is 32.6 Å². The Balaban J connectivity index is 1.68. The third-order valence-electron chi connectivity index (χ3n) is 4.61. The molecule has 1 N–H and O–H groups in total. The van der Waals surface area contributed by atoms with E-state index in [2.05, 4.69) is 0 Å². The van der Waals surface area contributed by atoms with Gasteiger partial charge in [-0.1, -0.05) is 0 Å². The number of aliphatic hydroxyl groups is 1. The van der Waals surface area contributed by atoms with Crippen molar-refractivity contribution in [3.63, 3.8) is 0 Å². The zero-order valence-corrected chi connectivity index (χ0v) is 11.5. The fraction of sp³-hybridized carbons (Fsp3) is 0.857. The van der Waals surface area contributed by atoms with Crippen molar-refractivity contribution in [1.29, 1.82) is 0 Å². The van der Waals surface area contributed by atoms with E-state index in [-0.39, 0.29) is 24.1 Å². The molecular formula is C14H20O6. The summed E-state index contributed by atoms with van der Waals surface area (Å²) in [5, 5.41) is 8.67. The summed E-state index contributed by atoms with van der Waals surface area (Å²) in [5.74, 6) is 0.0293.